The predicted octanol–water partition coefficient (Wildman–Crippen LogP) is 4.30. The molecule has 0 spiro atoms. The Morgan fingerprint density at radius 3 is 2.27 bits per heavy atom. The molecule has 0 saturated carbocycles. The van der Waals surface area contributed by atoms with E-state index in [1.165, 1.54) is 11.8 Å². The lowest BCUT2D eigenvalue weighted by Gasteiger charge is -2.19. The maximum atomic E-state index is 12.3. The van der Waals surface area contributed by atoms with Crippen LogP contribution in [-0.4, -0.2) is 25.4 Å². The number of hydrogen-bond donors (Lipinski definition) is 2. The molecule has 6 heteroatoms. The van der Waals surface area contributed by atoms with Gasteiger partial charge >= 0.3 is 0 Å². The zero-order chi connectivity index (χ0) is 21.3. The number of nitrogens with zero attached hydrogens (tertiary/aromatic N) is 1. The summed E-state index contributed by atoms with van der Waals surface area (Å²) in [6.45, 7) is 2.07. The number of carbonyl (C=O) groups excluding carboxylic acids is 2. The third-order valence-corrected chi connectivity index (χ3v) is 4.56. The highest BCUT2D eigenvalue weighted by Crippen LogP contribution is 2.24. The van der Waals surface area contributed by atoms with E-state index in [4.69, 9.17) is 4.74 Å². The Balaban J connectivity index is 1.51. The molecule has 3 aromatic rings. The van der Waals surface area contributed by atoms with E-state index in [2.05, 4.69) is 10.6 Å². The molecule has 0 atom stereocenters. The Bertz CT molecular complexity index is 988. The fourth-order valence-electron chi connectivity index (χ4n) is 2.84. The summed E-state index contributed by atoms with van der Waals surface area (Å²) < 4.78 is 5.75. The maximum absolute atomic E-state index is 12.3. The molecule has 3 rings (SSSR count). The standard InChI is InChI=1S/C24H25N3O3/c1-18(28)27(2)23-11-7-6-10-22(23)25-16-24(29)26-20-12-14-21(15-13-20)30-17-19-8-4-3-5-9-19/h3-15,25H,16-17H2,1-2H3,(H,26,29). The third kappa shape index (κ3) is 5.85. The van der Waals surface area contributed by atoms with Crippen molar-refractivity contribution in [1.82, 2.24) is 0 Å². The molecule has 0 aromatic heterocycles. The number of para-hydroxylation sites is 2. The Morgan fingerprint density at radius 2 is 1.57 bits per heavy atom. The van der Waals surface area contributed by atoms with E-state index in [9.17, 15) is 9.59 Å². The molecule has 2 amide bonds. The fourth-order valence-corrected chi connectivity index (χ4v) is 2.84. The smallest absolute Gasteiger partial charge is 0.243 e. The Kier molecular flexibility index (Phi) is 7.05. The highest BCUT2D eigenvalue weighted by molar-refractivity contribution is 5.97. The largest absolute Gasteiger partial charge is 0.489 e. The first kappa shape index (κ1) is 20.9. The van der Waals surface area contributed by atoms with Gasteiger partial charge in [-0.15, -0.1) is 0 Å². The van der Waals surface area contributed by atoms with Crippen LogP contribution in [0.5, 0.6) is 5.75 Å². The molecule has 6 nitrogen and oxygen atoms in total. The minimum atomic E-state index is -0.187. The summed E-state index contributed by atoms with van der Waals surface area (Å²) in [7, 11) is 1.70. The number of nitrogens with one attached hydrogen (secondary N) is 2. The summed E-state index contributed by atoms with van der Waals surface area (Å²) in [4.78, 5) is 25.5. The van der Waals surface area contributed by atoms with Gasteiger partial charge < -0.3 is 20.3 Å². The summed E-state index contributed by atoms with van der Waals surface area (Å²) >= 11 is 0. The van der Waals surface area contributed by atoms with Crippen LogP contribution in [0.4, 0.5) is 17.1 Å². The second-order valence-electron chi connectivity index (χ2n) is 6.80. The van der Waals surface area contributed by atoms with E-state index in [1.54, 1.807) is 19.2 Å². The molecule has 0 radical (unpaired) electrons. The fraction of sp³-hybridized carbons (Fsp3) is 0.167. The normalized spacial score (nSPS) is 10.2. The molecule has 0 fully saturated rings. The average molecular weight is 403 g/mol. The van der Waals surface area contributed by atoms with E-state index in [-0.39, 0.29) is 18.4 Å². The van der Waals surface area contributed by atoms with Gasteiger partial charge in [-0.3, -0.25) is 9.59 Å². The minimum Gasteiger partial charge on any atom is -0.489 e. The molecule has 0 saturated heterocycles. The van der Waals surface area contributed by atoms with Crippen LogP contribution in [0.15, 0.2) is 78.9 Å². The average Bonchev–Trinajstić information content (AvgIpc) is 2.77. The molecule has 2 N–H and O–H groups in total. The van der Waals surface area contributed by atoms with Crippen LogP contribution in [0, 0.1) is 0 Å². The van der Waals surface area contributed by atoms with Crippen molar-refractivity contribution in [3.8, 4) is 5.75 Å². The molecule has 30 heavy (non-hydrogen) atoms. The van der Waals surface area contributed by atoms with Crippen molar-refractivity contribution in [1.29, 1.82) is 0 Å². The van der Waals surface area contributed by atoms with Crippen molar-refractivity contribution in [3.63, 3.8) is 0 Å². The van der Waals surface area contributed by atoms with Crippen molar-refractivity contribution < 1.29 is 14.3 Å². The first-order valence-corrected chi connectivity index (χ1v) is 9.67. The molecule has 0 aliphatic carbocycles. The van der Waals surface area contributed by atoms with Crippen molar-refractivity contribution >= 4 is 28.9 Å². The maximum Gasteiger partial charge on any atom is 0.243 e. The number of benzene rings is 3. The highest BCUT2D eigenvalue weighted by Gasteiger charge is 2.11. The van der Waals surface area contributed by atoms with Crippen molar-refractivity contribution in [3.05, 3.63) is 84.4 Å². The van der Waals surface area contributed by atoms with Crippen LogP contribution >= 0.6 is 0 Å². The lowest BCUT2D eigenvalue weighted by molar-refractivity contribution is -0.116. The SMILES string of the molecule is CC(=O)N(C)c1ccccc1NCC(=O)Nc1ccc(OCc2ccccc2)cc1. The Labute approximate surface area is 176 Å². The van der Waals surface area contributed by atoms with Crippen molar-refractivity contribution in [2.75, 3.05) is 29.1 Å². The van der Waals surface area contributed by atoms with E-state index >= 15 is 0 Å². The summed E-state index contributed by atoms with van der Waals surface area (Å²) in [6, 6.07) is 24.5. The van der Waals surface area contributed by atoms with E-state index in [0.717, 1.165) is 22.7 Å². The Morgan fingerprint density at radius 1 is 0.900 bits per heavy atom. The number of carbonyl (C=O) groups is 2. The summed E-state index contributed by atoms with van der Waals surface area (Å²) in [6.07, 6.45) is 0. The van der Waals surface area contributed by atoms with E-state index in [1.807, 2.05) is 66.7 Å². The van der Waals surface area contributed by atoms with Gasteiger partial charge in [0.2, 0.25) is 11.8 Å². The van der Waals surface area contributed by atoms with E-state index < -0.39 is 0 Å². The second-order valence-corrected chi connectivity index (χ2v) is 6.80. The number of amides is 2. The number of anilines is 3. The first-order valence-electron chi connectivity index (χ1n) is 9.67. The molecular formula is C24H25N3O3. The zero-order valence-electron chi connectivity index (χ0n) is 17.1. The molecule has 0 bridgehead atoms. The van der Waals surface area contributed by atoms with Gasteiger partial charge in [0.15, 0.2) is 0 Å². The van der Waals surface area contributed by atoms with Gasteiger partial charge in [-0.2, -0.15) is 0 Å². The second kappa shape index (κ2) is 10.1. The molecule has 154 valence electrons. The predicted molar refractivity (Wildman–Crippen MR) is 120 cm³/mol. The minimum absolute atomic E-state index is 0.0784. The van der Waals surface area contributed by atoms with Gasteiger partial charge in [-0.05, 0) is 42.0 Å². The van der Waals surface area contributed by atoms with Crippen LogP contribution in [0.25, 0.3) is 0 Å². The molecule has 0 aliphatic rings. The van der Waals surface area contributed by atoms with E-state index in [0.29, 0.717) is 12.3 Å². The van der Waals surface area contributed by atoms with Gasteiger partial charge in [-0.1, -0.05) is 42.5 Å². The first-order chi connectivity index (χ1) is 14.5. The van der Waals surface area contributed by atoms with Gasteiger partial charge in [0.05, 0.1) is 17.9 Å². The zero-order valence-corrected chi connectivity index (χ0v) is 17.1. The van der Waals surface area contributed by atoms with Crippen molar-refractivity contribution in [2.24, 2.45) is 0 Å². The summed E-state index contributed by atoms with van der Waals surface area (Å²) in [5.74, 6) is 0.465. The topological polar surface area (TPSA) is 70.7 Å². The molecule has 0 unspecified atom stereocenters. The Hall–Kier alpha value is -3.80. The monoisotopic (exact) mass is 403 g/mol. The van der Waals surface area contributed by atoms with Crippen LogP contribution in [0.3, 0.4) is 0 Å². The quantitative estimate of drug-likeness (QED) is 0.588. The van der Waals surface area contributed by atoms with Gasteiger partial charge in [0.1, 0.15) is 12.4 Å². The van der Waals surface area contributed by atoms with Crippen LogP contribution in [0.1, 0.15) is 12.5 Å². The number of rotatable bonds is 8. The third-order valence-electron chi connectivity index (χ3n) is 4.56. The van der Waals surface area contributed by atoms with Gasteiger partial charge in [0.25, 0.3) is 0 Å². The molecule has 0 heterocycles. The van der Waals surface area contributed by atoms with Crippen LogP contribution < -0.4 is 20.3 Å². The summed E-state index contributed by atoms with van der Waals surface area (Å²) in [5, 5.41) is 5.94. The van der Waals surface area contributed by atoms with Crippen molar-refractivity contribution in [2.45, 2.75) is 13.5 Å². The number of ether oxygens (including phenoxy) is 1. The van der Waals surface area contributed by atoms with Gasteiger partial charge in [-0.25, -0.2) is 0 Å². The summed E-state index contributed by atoms with van der Waals surface area (Å²) in [5.41, 5.74) is 3.22. The van der Waals surface area contributed by atoms with Gasteiger partial charge in [0, 0.05) is 19.7 Å². The molecule has 3 aromatic carbocycles. The highest BCUT2D eigenvalue weighted by atomic mass is 16.5. The number of hydrogen-bond acceptors (Lipinski definition) is 4. The molecular weight excluding hydrogens is 378 g/mol. The molecule has 0 aliphatic heterocycles. The lowest BCUT2D eigenvalue weighted by atomic mass is 10.2. The van der Waals surface area contributed by atoms with Crippen LogP contribution in [0.2, 0.25) is 0 Å². The van der Waals surface area contributed by atoms with Crippen LogP contribution in [-0.2, 0) is 16.2 Å². The lowest BCUT2D eigenvalue weighted by Crippen LogP contribution is -2.26.